The molecule has 3 aliphatic rings. The van der Waals surface area contributed by atoms with Crippen LogP contribution in [0.4, 0.5) is 0 Å². The number of hydrogen-bond acceptors (Lipinski definition) is 2. The van der Waals surface area contributed by atoms with Crippen LogP contribution in [0.25, 0.3) is 0 Å². The van der Waals surface area contributed by atoms with Crippen LogP contribution in [0.2, 0.25) is 0 Å². The monoisotopic (exact) mass is 320 g/mol. The molecule has 0 aromatic carbocycles. The molecular formula is C16H30ClO2P. The summed E-state index contributed by atoms with van der Waals surface area (Å²) < 4.78 is 0. The van der Waals surface area contributed by atoms with Gasteiger partial charge < -0.3 is 0 Å². The number of hydrogen-bond donors (Lipinski definition) is 2. The van der Waals surface area contributed by atoms with Crippen LogP contribution in [0, 0.1) is 0 Å². The van der Waals surface area contributed by atoms with Crippen molar-refractivity contribution in [3.05, 3.63) is 0 Å². The number of halogens is 1. The molecule has 118 valence electrons. The third-order valence-corrected chi connectivity index (χ3v) is 16.8. The number of aliphatic hydroxyl groups excluding tert-OH is 2. The molecule has 3 fully saturated rings. The summed E-state index contributed by atoms with van der Waals surface area (Å²) in [4.78, 5) is 0. The second-order valence-corrected chi connectivity index (χ2v) is 15.0. The fourth-order valence-electron chi connectivity index (χ4n) is 5.56. The molecule has 0 spiro atoms. The van der Waals surface area contributed by atoms with Crippen molar-refractivity contribution in [2.24, 2.45) is 0 Å². The molecule has 1 saturated heterocycles. The van der Waals surface area contributed by atoms with Crippen molar-refractivity contribution in [1.82, 2.24) is 0 Å². The van der Waals surface area contributed by atoms with Crippen LogP contribution in [0.3, 0.4) is 0 Å². The maximum atomic E-state index is 10.9. The Kier molecular flexibility index (Phi) is 4.42. The fraction of sp³-hybridized carbons (Fsp3) is 1.00. The molecule has 4 heteroatoms. The quantitative estimate of drug-likeness (QED) is 0.718. The summed E-state index contributed by atoms with van der Waals surface area (Å²) in [5, 5.41) is 21.9. The van der Waals surface area contributed by atoms with Crippen molar-refractivity contribution in [3.8, 4) is 0 Å². The summed E-state index contributed by atoms with van der Waals surface area (Å²) in [6, 6.07) is 0. The minimum atomic E-state index is -2.95. The summed E-state index contributed by atoms with van der Waals surface area (Å²) in [5.74, 6) is -3.75. The Morgan fingerprint density at radius 2 is 0.950 bits per heavy atom. The van der Waals surface area contributed by atoms with Crippen molar-refractivity contribution in [1.29, 1.82) is 0 Å². The van der Waals surface area contributed by atoms with Gasteiger partial charge in [-0.3, -0.25) is 0 Å². The summed E-state index contributed by atoms with van der Waals surface area (Å²) in [6.07, 6.45) is 13.6. The summed E-state index contributed by atoms with van der Waals surface area (Å²) >= 11 is 7.52. The first kappa shape index (κ1) is 15.5. The van der Waals surface area contributed by atoms with Gasteiger partial charge in [-0.15, -0.1) is 0 Å². The second-order valence-electron chi connectivity index (χ2n) is 7.41. The molecule has 0 aromatic heterocycles. The summed E-state index contributed by atoms with van der Waals surface area (Å²) in [5.41, 5.74) is 0.846. The molecule has 0 aromatic rings. The van der Waals surface area contributed by atoms with Gasteiger partial charge in [0.2, 0.25) is 0 Å². The molecule has 0 radical (unpaired) electrons. The van der Waals surface area contributed by atoms with Crippen molar-refractivity contribution < 1.29 is 10.2 Å². The van der Waals surface area contributed by atoms with Crippen LogP contribution in [0.1, 0.15) is 77.0 Å². The molecule has 2 unspecified atom stereocenters. The molecule has 3 rings (SSSR count). The van der Waals surface area contributed by atoms with Gasteiger partial charge in [-0.25, -0.2) is 0 Å². The van der Waals surface area contributed by atoms with E-state index in [1.165, 1.54) is 38.5 Å². The van der Waals surface area contributed by atoms with Crippen molar-refractivity contribution in [3.63, 3.8) is 0 Å². The molecule has 2 N–H and O–H groups in total. The van der Waals surface area contributed by atoms with Crippen LogP contribution in [-0.4, -0.2) is 33.2 Å². The zero-order chi connectivity index (χ0) is 14.2. The molecular weight excluding hydrogens is 291 g/mol. The van der Waals surface area contributed by atoms with Crippen molar-refractivity contribution in [2.45, 2.75) is 100 Å². The Morgan fingerprint density at radius 3 is 1.30 bits per heavy atom. The topological polar surface area (TPSA) is 40.5 Å². The Morgan fingerprint density at radius 1 is 0.600 bits per heavy atom. The van der Waals surface area contributed by atoms with Crippen LogP contribution in [-0.2, 0) is 0 Å². The molecule has 2 atom stereocenters. The van der Waals surface area contributed by atoms with Gasteiger partial charge in [-0.2, -0.15) is 0 Å². The normalized spacial score (nSPS) is 41.0. The Balaban J connectivity index is 2.00. The van der Waals surface area contributed by atoms with Gasteiger partial charge in [0.15, 0.2) is 0 Å². The van der Waals surface area contributed by atoms with Gasteiger partial charge >= 0.3 is 127 Å². The molecule has 0 bridgehead atoms. The average molecular weight is 321 g/mol. The Labute approximate surface area is 128 Å². The second kappa shape index (κ2) is 5.69. The van der Waals surface area contributed by atoms with E-state index in [1.54, 1.807) is 0 Å². The van der Waals surface area contributed by atoms with Gasteiger partial charge in [-0.05, 0) is 0 Å². The van der Waals surface area contributed by atoms with E-state index in [0.717, 1.165) is 38.5 Å². The van der Waals surface area contributed by atoms with E-state index >= 15 is 0 Å². The number of aliphatic hydroxyl groups is 2. The zero-order valence-corrected chi connectivity index (χ0v) is 14.2. The van der Waals surface area contributed by atoms with Crippen molar-refractivity contribution in [2.75, 3.05) is 0 Å². The third kappa shape index (κ3) is 2.02. The van der Waals surface area contributed by atoms with Gasteiger partial charge in [0.25, 0.3) is 0 Å². The first-order valence-corrected chi connectivity index (χ1v) is 12.1. The average Bonchev–Trinajstić information content (AvgIpc) is 2.76. The maximum absolute atomic E-state index is 10.9. The van der Waals surface area contributed by atoms with E-state index in [0.29, 0.717) is 11.3 Å². The molecule has 0 amide bonds. The number of rotatable bonds is 2. The molecule has 1 heterocycles. The predicted molar refractivity (Wildman–Crippen MR) is 87.8 cm³/mol. The van der Waals surface area contributed by atoms with Gasteiger partial charge in [0.05, 0.1) is 0 Å². The minimum absolute atomic E-state index is 0.399. The van der Waals surface area contributed by atoms with E-state index in [9.17, 15) is 10.2 Å². The van der Waals surface area contributed by atoms with E-state index < -0.39 is 17.6 Å². The first-order chi connectivity index (χ1) is 9.58. The first-order valence-electron chi connectivity index (χ1n) is 8.67. The SMILES string of the molecule is OC1CCC(O)P1(Cl)(C1CCCCC1)C1CCCCC1. The van der Waals surface area contributed by atoms with Gasteiger partial charge in [-0.1, -0.05) is 0 Å². The summed E-state index contributed by atoms with van der Waals surface area (Å²) in [7, 11) is 0. The van der Waals surface area contributed by atoms with E-state index in [1.807, 2.05) is 0 Å². The Bertz CT molecular complexity index is 318. The molecule has 2 saturated carbocycles. The summed E-state index contributed by atoms with van der Waals surface area (Å²) in [6.45, 7) is 0. The van der Waals surface area contributed by atoms with E-state index in [2.05, 4.69) is 0 Å². The van der Waals surface area contributed by atoms with Gasteiger partial charge in [0, 0.05) is 0 Å². The van der Waals surface area contributed by atoms with Crippen LogP contribution in [0.15, 0.2) is 0 Å². The molecule has 1 aliphatic heterocycles. The van der Waals surface area contributed by atoms with Crippen LogP contribution >= 0.6 is 17.2 Å². The van der Waals surface area contributed by atoms with Crippen LogP contribution < -0.4 is 0 Å². The van der Waals surface area contributed by atoms with Crippen LogP contribution in [0.5, 0.6) is 0 Å². The van der Waals surface area contributed by atoms with Gasteiger partial charge in [0.1, 0.15) is 0 Å². The molecule has 20 heavy (non-hydrogen) atoms. The molecule has 2 aliphatic carbocycles. The molecule has 2 nitrogen and oxygen atoms in total. The fourth-order valence-corrected chi connectivity index (χ4v) is 14.6. The predicted octanol–water partition coefficient (Wildman–Crippen LogP) is 4.79. The zero-order valence-electron chi connectivity index (χ0n) is 12.5. The van der Waals surface area contributed by atoms with E-state index in [4.69, 9.17) is 11.2 Å². The van der Waals surface area contributed by atoms with E-state index in [-0.39, 0.29) is 0 Å². The Hall–Kier alpha value is 0.640. The van der Waals surface area contributed by atoms with Crippen molar-refractivity contribution >= 4 is 17.2 Å². The standard InChI is InChI=1S/C16H30ClO2P/c17-20(13-7-3-1-4-8-13,14-9-5-2-6-10-14)15(18)11-12-16(20)19/h13-16,18-19H,1-12H2. The third-order valence-electron chi connectivity index (χ3n) is 6.63.